The van der Waals surface area contributed by atoms with Crippen LogP contribution in [-0.4, -0.2) is 4.98 Å². The van der Waals surface area contributed by atoms with E-state index >= 15 is 0 Å². The van der Waals surface area contributed by atoms with Crippen molar-refractivity contribution in [3.8, 4) is 0 Å². The minimum absolute atomic E-state index is 0. The van der Waals surface area contributed by atoms with E-state index in [1.54, 1.807) is 12.4 Å². The second kappa shape index (κ2) is 3.85. The number of rotatable bonds is 0. The Balaban J connectivity index is 0.000000360. The molecule has 0 aliphatic heterocycles. The van der Waals surface area contributed by atoms with Gasteiger partial charge in [0, 0.05) is 12.4 Å². The van der Waals surface area contributed by atoms with Crippen molar-refractivity contribution in [3.05, 3.63) is 30.6 Å². The summed E-state index contributed by atoms with van der Waals surface area (Å²) >= 11 is 0. The van der Waals surface area contributed by atoms with Gasteiger partial charge < -0.3 is 0 Å². The van der Waals surface area contributed by atoms with Gasteiger partial charge in [0.15, 0.2) is 0 Å². The van der Waals surface area contributed by atoms with Gasteiger partial charge >= 0.3 is 17.1 Å². The molecule has 0 atom stereocenters. The third-order valence-electron chi connectivity index (χ3n) is 0.566. The molecule has 0 N–H and O–H groups in total. The van der Waals surface area contributed by atoms with Crippen molar-refractivity contribution < 1.29 is 17.1 Å². The monoisotopic (exact) mass is 135 g/mol. The molecule has 1 aromatic heterocycles. The number of hydrogen-bond acceptors (Lipinski definition) is 1. The fraction of sp³-hybridized carbons (Fsp3) is 0. The third kappa shape index (κ3) is 2.38. The molecule has 7 heavy (non-hydrogen) atoms. The largest absolute Gasteiger partial charge is 2.00 e. The summed E-state index contributed by atoms with van der Waals surface area (Å²) in [5.74, 6) is 0. The van der Waals surface area contributed by atoms with E-state index in [2.05, 4.69) is 4.98 Å². The second-order valence-corrected chi connectivity index (χ2v) is 1.02. The van der Waals surface area contributed by atoms with E-state index in [1.165, 1.54) is 0 Å². The average molecular weight is 135 g/mol. The first-order chi connectivity index (χ1) is 3.00. The first kappa shape index (κ1) is 6.67. The number of aromatic nitrogens is 1. The molecule has 0 fully saturated rings. The van der Waals surface area contributed by atoms with Crippen LogP contribution >= 0.6 is 0 Å². The van der Waals surface area contributed by atoms with Gasteiger partial charge in [0.05, 0.1) is 0 Å². The van der Waals surface area contributed by atoms with Crippen molar-refractivity contribution in [1.82, 2.24) is 4.98 Å². The fourth-order valence-electron chi connectivity index (χ4n) is 0.313. The van der Waals surface area contributed by atoms with Crippen LogP contribution in [0.5, 0.6) is 0 Å². The zero-order valence-electron chi connectivity index (χ0n) is 3.69. The minimum Gasteiger partial charge on any atom is -0.265 e. The Bertz CT molecular complexity index is 80.0. The zero-order chi connectivity index (χ0) is 4.24. The van der Waals surface area contributed by atoms with E-state index < -0.39 is 0 Å². The van der Waals surface area contributed by atoms with Gasteiger partial charge in [0.25, 0.3) is 0 Å². The van der Waals surface area contributed by atoms with Crippen LogP contribution in [0.3, 0.4) is 0 Å². The Morgan fingerprint density at radius 1 is 0.857 bits per heavy atom. The summed E-state index contributed by atoms with van der Waals surface area (Å²) in [6.07, 6.45) is 3.50. The van der Waals surface area contributed by atoms with Crippen LogP contribution in [0.25, 0.3) is 0 Å². The number of pyridine rings is 1. The molecule has 0 aromatic carbocycles. The summed E-state index contributed by atoms with van der Waals surface area (Å²) in [4.78, 5) is 3.78. The molecule has 1 heterocycles. The molecule has 2 heteroatoms. The van der Waals surface area contributed by atoms with Crippen molar-refractivity contribution in [1.29, 1.82) is 0 Å². The molecule has 0 aliphatic carbocycles. The molecule has 0 amide bonds. The number of hydrogen-bond donors (Lipinski definition) is 0. The second-order valence-electron chi connectivity index (χ2n) is 1.02. The van der Waals surface area contributed by atoms with E-state index in [0.29, 0.717) is 0 Å². The Morgan fingerprint density at radius 3 is 1.57 bits per heavy atom. The summed E-state index contributed by atoms with van der Waals surface area (Å²) in [7, 11) is 0. The van der Waals surface area contributed by atoms with Gasteiger partial charge in [-0.25, -0.2) is 0 Å². The SMILES string of the molecule is [Fe+2].c1ccncc1. The molecule has 0 spiro atoms. The molecule has 1 aromatic rings. The first-order valence-electron chi connectivity index (χ1n) is 1.85. The molecule has 1 nitrogen and oxygen atoms in total. The maximum atomic E-state index is 3.78. The molecule has 0 aliphatic rings. The molecule has 0 radical (unpaired) electrons. The Morgan fingerprint density at radius 2 is 1.43 bits per heavy atom. The normalized spacial score (nSPS) is 6.86. The van der Waals surface area contributed by atoms with Gasteiger partial charge in [-0.05, 0) is 12.1 Å². The maximum Gasteiger partial charge on any atom is 2.00 e. The van der Waals surface area contributed by atoms with E-state index in [9.17, 15) is 0 Å². The summed E-state index contributed by atoms with van der Waals surface area (Å²) in [6, 6.07) is 5.72. The summed E-state index contributed by atoms with van der Waals surface area (Å²) in [6.45, 7) is 0. The maximum absolute atomic E-state index is 3.78. The topological polar surface area (TPSA) is 12.9 Å². The van der Waals surface area contributed by atoms with Crippen molar-refractivity contribution >= 4 is 0 Å². The zero-order valence-corrected chi connectivity index (χ0v) is 4.79. The fourth-order valence-corrected chi connectivity index (χ4v) is 0.313. The van der Waals surface area contributed by atoms with Crippen LogP contribution in [0.1, 0.15) is 0 Å². The van der Waals surface area contributed by atoms with Gasteiger partial charge in [-0.3, -0.25) is 4.98 Å². The van der Waals surface area contributed by atoms with Gasteiger partial charge in [-0.15, -0.1) is 0 Å². The van der Waals surface area contributed by atoms with Gasteiger partial charge in [0.1, 0.15) is 0 Å². The Labute approximate surface area is 53.2 Å². The van der Waals surface area contributed by atoms with Gasteiger partial charge in [0.2, 0.25) is 0 Å². The standard InChI is InChI=1S/C5H5N.Fe/c1-2-4-6-5-3-1;/h1-5H;/q;+2. The van der Waals surface area contributed by atoms with Crippen LogP contribution in [0.4, 0.5) is 0 Å². The molecule has 1 rings (SSSR count). The van der Waals surface area contributed by atoms with Gasteiger partial charge in [-0.1, -0.05) is 6.07 Å². The Kier molecular flexibility index (Phi) is 3.66. The molecule has 0 unspecified atom stereocenters. The van der Waals surface area contributed by atoms with Crippen LogP contribution in [0.2, 0.25) is 0 Å². The predicted octanol–water partition coefficient (Wildman–Crippen LogP) is 1.08. The third-order valence-corrected chi connectivity index (χ3v) is 0.566. The Hall–Kier alpha value is -0.331. The summed E-state index contributed by atoms with van der Waals surface area (Å²) in [5.41, 5.74) is 0. The molecule has 0 saturated carbocycles. The van der Waals surface area contributed by atoms with E-state index in [0.717, 1.165) is 0 Å². The average Bonchev–Trinajstić information content (AvgIpc) is 1.72. The van der Waals surface area contributed by atoms with Gasteiger partial charge in [-0.2, -0.15) is 0 Å². The molecule has 36 valence electrons. The van der Waals surface area contributed by atoms with Crippen molar-refractivity contribution in [2.45, 2.75) is 0 Å². The summed E-state index contributed by atoms with van der Waals surface area (Å²) < 4.78 is 0. The van der Waals surface area contributed by atoms with Crippen LogP contribution in [0, 0.1) is 0 Å². The van der Waals surface area contributed by atoms with Crippen molar-refractivity contribution in [2.24, 2.45) is 0 Å². The van der Waals surface area contributed by atoms with E-state index in [1.807, 2.05) is 18.2 Å². The predicted molar refractivity (Wildman–Crippen MR) is 24.2 cm³/mol. The van der Waals surface area contributed by atoms with Crippen LogP contribution < -0.4 is 0 Å². The molecular formula is C5H5FeN+2. The quantitative estimate of drug-likeness (QED) is 0.485. The molecule has 0 bridgehead atoms. The number of nitrogens with zero attached hydrogens (tertiary/aromatic N) is 1. The smallest absolute Gasteiger partial charge is 0.265 e. The first-order valence-corrected chi connectivity index (χ1v) is 1.85. The van der Waals surface area contributed by atoms with Crippen molar-refractivity contribution in [3.63, 3.8) is 0 Å². The van der Waals surface area contributed by atoms with Crippen molar-refractivity contribution in [2.75, 3.05) is 0 Å². The van der Waals surface area contributed by atoms with E-state index in [4.69, 9.17) is 0 Å². The van der Waals surface area contributed by atoms with E-state index in [-0.39, 0.29) is 17.1 Å². The summed E-state index contributed by atoms with van der Waals surface area (Å²) in [5, 5.41) is 0. The minimum atomic E-state index is 0. The van der Waals surface area contributed by atoms with Crippen LogP contribution in [0.15, 0.2) is 30.6 Å². The molecular weight excluding hydrogens is 130 g/mol. The van der Waals surface area contributed by atoms with Crippen LogP contribution in [-0.2, 0) is 17.1 Å². The molecule has 0 saturated heterocycles.